The number of phenols is 1. The molecular formula is C15H21NO3. The van der Waals surface area contributed by atoms with E-state index in [0.717, 1.165) is 31.7 Å². The topological polar surface area (TPSA) is 49.8 Å². The van der Waals surface area contributed by atoms with Gasteiger partial charge < -0.3 is 9.84 Å². The summed E-state index contributed by atoms with van der Waals surface area (Å²) in [7, 11) is 0. The van der Waals surface area contributed by atoms with Crippen molar-refractivity contribution in [2.45, 2.75) is 32.9 Å². The maximum absolute atomic E-state index is 11.4. The van der Waals surface area contributed by atoms with E-state index in [2.05, 4.69) is 11.8 Å². The molecule has 104 valence electrons. The Hall–Kier alpha value is -1.39. The molecule has 1 aliphatic rings. The lowest BCUT2D eigenvalue weighted by atomic mass is 10.1. The molecule has 0 bridgehead atoms. The van der Waals surface area contributed by atoms with Crippen molar-refractivity contribution in [1.29, 1.82) is 0 Å². The number of morpholine rings is 1. The number of nitrogens with zero attached hydrogens (tertiary/aromatic N) is 1. The molecule has 1 unspecified atom stereocenters. The highest BCUT2D eigenvalue weighted by Gasteiger charge is 2.20. The first-order valence-corrected chi connectivity index (χ1v) is 6.77. The van der Waals surface area contributed by atoms with Crippen LogP contribution in [-0.4, -0.2) is 41.6 Å². The van der Waals surface area contributed by atoms with Gasteiger partial charge in [0.2, 0.25) is 0 Å². The Bertz CT molecular complexity index is 459. The molecule has 0 aliphatic carbocycles. The summed E-state index contributed by atoms with van der Waals surface area (Å²) in [5.41, 5.74) is 1.46. The molecule has 1 heterocycles. The first-order valence-electron chi connectivity index (χ1n) is 6.77. The molecule has 2 rings (SSSR count). The number of rotatable bonds is 4. The number of ketones is 1. The van der Waals surface area contributed by atoms with Gasteiger partial charge in [0.1, 0.15) is 5.75 Å². The first kappa shape index (κ1) is 14.0. The Morgan fingerprint density at radius 3 is 3.00 bits per heavy atom. The minimum atomic E-state index is 0.0228. The summed E-state index contributed by atoms with van der Waals surface area (Å²) in [4.78, 5) is 13.6. The molecule has 4 heteroatoms. The van der Waals surface area contributed by atoms with Gasteiger partial charge in [-0.2, -0.15) is 0 Å². The van der Waals surface area contributed by atoms with Crippen LogP contribution in [0.2, 0.25) is 0 Å². The third-order valence-electron chi connectivity index (χ3n) is 3.56. The third kappa shape index (κ3) is 3.55. The van der Waals surface area contributed by atoms with E-state index in [9.17, 15) is 9.90 Å². The molecule has 1 saturated heterocycles. The highest BCUT2D eigenvalue weighted by molar-refractivity contribution is 5.94. The summed E-state index contributed by atoms with van der Waals surface area (Å²) < 4.78 is 5.63. The number of phenolic OH excluding ortho intramolecular Hbond substituents is 1. The molecule has 0 saturated carbocycles. The van der Waals surface area contributed by atoms with E-state index in [1.807, 2.05) is 0 Å². The van der Waals surface area contributed by atoms with Crippen LogP contribution >= 0.6 is 0 Å². The Labute approximate surface area is 114 Å². The van der Waals surface area contributed by atoms with Crippen LogP contribution in [0.25, 0.3) is 0 Å². The quantitative estimate of drug-likeness (QED) is 0.846. The Balaban J connectivity index is 2.09. The first-order chi connectivity index (χ1) is 9.10. The molecule has 4 nitrogen and oxygen atoms in total. The van der Waals surface area contributed by atoms with Crippen molar-refractivity contribution in [3.05, 3.63) is 29.3 Å². The SMILES string of the molecule is CCC1CN(Cc2cc(C(C)=O)ccc2O)CCO1. The number of carbonyl (C=O) groups is 1. The molecule has 1 fully saturated rings. The van der Waals surface area contributed by atoms with E-state index in [4.69, 9.17) is 4.74 Å². The van der Waals surface area contributed by atoms with Crippen LogP contribution in [0.5, 0.6) is 5.75 Å². The van der Waals surface area contributed by atoms with Crippen LogP contribution in [-0.2, 0) is 11.3 Å². The molecule has 1 N–H and O–H groups in total. The summed E-state index contributed by atoms with van der Waals surface area (Å²) in [6, 6.07) is 5.05. The van der Waals surface area contributed by atoms with Crippen molar-refractivity contribution in [3.8, 4) is 5.75 Å². The van der Waals surface area contributed by atoms with Crippen LogP contribution < -0.4 is 0 Å². The number of carbonyl (C=O) groups excluding carboxylic acids is 1. The molecule has 1 aromatic carbocycles. The number of Topliss-reactive ketones (excluding diaryl/α,β-unsaturated/α-hetero) is 1. The van der Waals surface area contributed by atoms with Gasteiger partial charge in [0, 0.05) is 30.8 Å². The van der Waals surface area contributed by atoms with E-state index < -0.39 is 0 Å². The lowest BCUT2D eigenvalue weighted by Crippen LogP contribution is -2.41. The van der Waals surface area contributed by atoms with Gasteiger partial charge in [-0.1, -0.05) is 6.92 Å². The standard InChI is InChI=1S/C15H21NO3/c1-3-14-10-16(6-7-19-14)9-13-8-12(11(2)17)4-5-15(13)18/h4-5,8,14,18H,3,6-7,9-10H2,1-2H3. The second-order valence-electron chi connectivity index (χ2n) is 5.04. The number of ether oxygens (including phenoxy) is 1. The van der Waals surface area contributed by atoms with Crippen LogP contribution in [0, 0.1) is 0 Å². The zero-order valence-electron chi connectivity index (χ0n) is 11.6. The van der Waals surface area contributed by atoms with Crippen LogP contribution in [0.1, 0.15) is 36.2 Å². The van der Waals surface area contributed by atoms with Gasteiger partial charge >= 0.3 is 0 Å². The molecule has 1 aliphatic heterocycles. The third-order valence-corrected chi connectivity index (χ3v) is 3.56. The van der Waals surface area contributed by atoms with Gasteiger partial charge in [-0.05, 0) is 31.5 Å². The van der Waals surface area contributed by atoms with E-state index in [0.29, 0.717) is 12.1 Å². The van der Waals surface area contributed by atoms with Gasteiger partial charge in [0.05, 0.1) is 12.7 Å². The fourth-order valence-corrected chi connectivity index (χ4v) is 2.34. The second kappa shape index (κ2) is 6.17. The van der Waals surface area contributed by atoms with Crippen molar-refractivity contribution in [1.82, 2.24) is 4.90 Å². The molecule has 0 radical (unpaired) electrons. The normalized spacial score (nSPS) is 20.4. The number of aromatic hydroxyl groups is 1. The van der Waals surface area contributed by atoms with Gasteiger partial charge in [-0.25, -0.2) is 0 Å². The fraction of sp³-hybridized carbons (Fsp3) is 0.533. The van der Waals surface area contributed by atoms with Gasteiger partial charge in [0.25, 0.3) is 0 Å². The lowest BCUT2D eigenvalue weighted by Gasteiger charge is -2.32. The smallest absolute Gasteiger partial charge is 0.159 e. The highest BCUT2D eigenvalue weighted by Crippen LogP contribution is 2.22. The minimum absolute atomic E-state index is 0.0228. The molecule has 1 aromatic rings. The maximum Gasteiger partial charge on any atom is 0.159 e. The van der Waals surface area contributed by atoms with E-state index in [1.165, 1.54) is 6.92 Å². The average molecular weight is 263 g/mol. The molecule has 0 amide bonds. The van der Waals surface area contributed by atoms with Crippen molar-refractivity contribution < 1.29 is 14.6 Å². The van der Waals surface area contributed by atoms with E-state index in [1.54, 1.807) is 18.2 Å². The summed E-state index contributed by atoms with van der Waals surface area (Å²) in [6.07, 6.45) is 1.27. The Morgan fingerprint density at radius 2 is 2.32 bits per heavy atom. The van der Waals surface area contributed by atoms with Crippen molar-refractivity contribution >= 4 is 5.78 Å². The highest BCUT2D eigenvalue weighted by atomic mass is 16.5. The summed E-state index contributed by atoms with van der Waals surface area (Å²) in [6.45, 7) is 6.78. The van der Waals surface area contributed by atoms with Gasteiger partial charge in [-0.15, -0.1) is 0 Å². The zero-order chi connectivity index (χ0) is 13.8. The summed E-state index contributed by atoms with van der Waals surface area (Å²) in [5, 5.41) is 9.90. The van der Waals surface area contributed by atoms with E-state index >= 15 is 0 Å². The fourth-order valence-electron chi connectivity index (χ4n) is 2.34. The number of hydrogen-bond donors (Lipinski definition) is 1. The number of hydrogen-bond acceptors (Lipinski definition) is 4. The minimum Gasteiger partial charge on any atom is -0.508 e. The molecular weight excluding hydrogens is 242 g/mol. The molecule has 19 heavy (non-hydrogen) atoms. The average Bonchev–Trinajstić information content (AvgIpc) is 2.41. The van der Waals surface area contributed by atoms with Gasteiger partial charge in [-0.3, -0.25) is 9.69 Å². The predicted octanol–water partition coefficient (Wildman–Crippen LogP) is 2.21. The number of benzene rings is 1. The van der Waals surface area contributed by atoms with E-state index in [-0.39, 0.29) is 17.6 Å². The molecule has 0 spiro atoms. The van der Waals surface area contributed by atoms with Crippen LogP contribution in [0.3, 0.4) is 0 Å². The lowest BCUT2D eigenvalue weighted by molar-refractivity contribution is -0.0326. The second-order valence-corrected chi connectivity index (χ2v) is 5.04. The maximum atomic E-state index is 11.4. The monoisotopic (exact) mass is 263 g/mol. The Kier molecular flexibility index (Phi) is 4.56. The van der Waals surface area contributed by atoms with Gasteiger partial charge in [0.15, 0.2) is 5.78 Å². The summed E-state index contributed by atoms with van der Waals surface area (Å²) in [5.74, 6) is 0.277. The molecule has 0 aromatic heterocycles. The van der Waals surface area contributed by atoms with Crippen molar-refractivity contribution in [3.63, 3.8) is 0 Å². The van der Waals surface area contributed by atoms with Crippen LogP contribution in [0.4, 0.5) is 0 Å². The van der Waals surface area contributed by atoms with Crippen molar-refractivity contribution in [2.75, 3.05) is 19.7 Å². The Morgan fingerprint density at radius 1 is 1.53 bits per heavy atom. The zero-order valence-corrected chi connectivity index (χ0v) is 11.6. The largest absolute Gasteiger partial charge is 0.508 e. The molecule has 1 atom stereocenters. The summed E-state index contributed by atoms with van der Waals surface area (Å²) >= 11 is 0. The predicted molar refractivity (Wildman–Crippen MR) is 73.4 cm³/mol. The van der Waals surface area contributed by atoms with Crippen molar-refractivity contribution in [2.24, 2.45) is 0 Å². The van der Waals surface area contributed by atoms with Crippen LogP contribution in [0.15, 0.2) is 18.2 Å².